The van der Waals surface area contributed by atoms with E-state index in [1.807, 2.05) is 54.6 Å². The van der Waals surface area contributed by atoms with Crippen LogP contribution in [0.3, 0.4) is 0 Å². The zero-order valence-electron chi connectivity index (χ0n) is 13.0. The Morgan fingerprint density at radius 3 is 2.48 bits per heavy atom. The van der Waals surface area contributed by atoms with E-state index in [1.165, 1.54) is 0 Å². The lowest BCUT2D eigenvalue weighted by molar-refractivity contribution is -0.123. The summed E-state index contributed by atoms with van der Waals surface area (Å²) in [6, 6.07) is 17.0. The molecule has 23 heavy (non-hydrogen) atoms. The maximum atomic E-state index is 12.3. The van der Waals surface area contributed by atoms with E-state index in [1.54, 1.807) is 7.11 Å². The van der Waals surface area contributed by atoms with Crippen molar-refractivity contribution in [1.29, 1.82) is 0 Å². The van der Waals surface area contributed by atoms with Gasteiger partial charge in [-0.15, -0.1) is 0 Å². The summed E-state index contributed by atoms with van der Waals surface area (Å²) in [5.41, 5.74) is 7.50. The van der Waals surface area contributed by atoms with Gasteiger partial charge < -0.3 is 15.8 Å². The van der Waals surface area contributed by atoms with Gasteiger partial charge in [-0.2, -0.15) is 0 Å². The summed E-state index contributed by atoms with van der Waals surface area (Å²) in [7, 11) is 1.55. The van der Waals surface area contributed by atoms with Crippen LogP contribution in [0.4, 0.5) is 0 Å². The van der Waals surface area contributed by atoms with Crippen LogP contribution in [0.1, 0.15) is 23.6 Å². The summed E-state index contributed by atoms with van der Waals surface area (Å²) in [4.78, 5) is 12.3. The lowest BCUT2D eigenvalue weighted by atomic mass is 9.98. The number of halogens is 1. The van der Waals surface area contributed by atoms with Crippen molar-refractivity contribution in [3.8, 4) is 0 Å². The fourth-order valence-corrected chi connectivity index (χ4v) is 2.58. The van der Waals surface area contributed by atoms with Crippen LogP contribution in [0.25, 0.3) is 0 Å². The molecule has 0 aliphatic carbocycles. The van der Waals surface area contributed by atoms with Crippen molar-refractivity contribution in [2.75, 3.05) is 13.7 Å². The highest BCUT2D eigenvalue weighted by Crippen LogP contribution is 2.24. The van der Waals surface area contributed by atoms with Gasteiger partial charge in [0, 0.05) is 18.7 Å². The number of nitrogens with one attached hydrogen (secondary N) is 1. The van der Waals surface area contributed by atoms with Gasteiger partial charge in [-0.05, 0) is 23.3 Å². The summed E-state index contributed by atoms with van der Waals surface area (Å²) in [5, 5.41) is 3.68. The lowest BCUT2D eigenvalue weighted by Gasteiger charge is -2.21. The topological polar surface area (TPSA) is 64.3 Å². The number of nitrogens with two attached hydrogens (primary N) is 1. The molecule has 5 heteroatoms. The van der Waals surface area contributed by atoms with Gasteiger partial charge in [-0.3, -0.25) is 4.79 Å². The van der Waals surface area contributed by atoms with Crippen molar-refractivity contribution < 1.29 is 9.53 Å². The van der Waals surface area contributed by atoms with Crippen LogP contribution < -0.4 is 11.1 Å². The Hall–Kier alpha value is -1.88. The molecule has 2 rings (SSSR count). The second-order valence-corrected chi connectivity index (χ2v) is 5.70. The van der Waals surface area contributed by atoms with E-state index in [4.69, 9.17) is 22.1 Å². The van der Waals surface area contributed by atoms with E-state index in [0.29, 0.717) is 11.6 Å². The summed E-state index contributed by atoms with van der Waals surface area (Å²) in [6.07, 6.45) is -0.0672. The summed E-state index contributed by atoms with van der Waals surface area (Å²) in [5.74, 6) is -0.115. The maximum absolute atomic E-state index is 12.3. The van der Waals surface area contributed by atoms with Gasteiger partial charge in [-0.1, -0.05) is 54.1 Å². The Balaban J connectivity index is 2.23. The van der Waals surface area contributed by atoms with Gasteiger partial charge in [0.05, 0.1) is 18.6 Å². The molecule has 0 heterocycles. The molecule has 0 bridgehead atoms. The van der Waals surface area contributed by atoms with Gasteiger partial charge in [-0.25, -0.2) is 0 Å². The number of carbonyl (C=O) groups is 1. The number of methoxy groups -OCH3 is 1. The van der Waals surface area contributed by atoms with E-state index in [9.17, 15) is 4.79 Å². The molecule has 2 aromatic rings. The Labute approximate surface area is 141 Å². The molecule has 0 saturated carbocycles. The van der Waals surface area contributed by atoms with Crippen LogP contribution in [0, 0.1) is 0 Å². The Morgan fingerprint density at radius 2 is 1.87 bits per heavy atom. The lowest BCUT2D eigenvalue weighted by Crippen LogP contribution is -2.34. The standard InChI is InChI=1S/C18H21ClN2O2/c1-23-16(12-20)11-17(22)21-18(13-6-3-2-4-7-13)14-8-5-9-15(19)10-14/h2-10,16,18H,11-12,20H2,1H3,(H,21,22). The highest BCUT2D eigenvalue weighted by Gasteiger charge is 2.19. The van der Waals surface area contributed by atoms with Crippen molar-refractivity contribution in [3.63, 3.8) is 0 Å². The normalized spacial score (nSPS) is 13.3. The number of hydrogen-bond acceptors (Lipinski definition) is 3. The summed E-state index contributed by atoms with van der Waals surface area (Å²) < 4.78 is 5.18. The van der Waals surface area contributed by atoms with E-state index in [0.717, 1.165) is 11.1 Å². The molecular weight excluding hydrogens is 312 g/mol. The van der Waals surface area contributed by atoms with Crippen LogP contribution in [0.15, 0.2) is 54.6 Å². The third-order valence-corrected chi connectivity index (χ3v) is 3.86. The van der Waals surface area contributed by atoms with Gasteiger partial charge in [0.25, 0.3) is 0 Å². The average Bonchev–Trinajstić information content (AvgIpc) is 2.58. The van der Waals surface area contributed by atoms with Crippen molar-refractivity contribution in [3.05, 3.63) is 70.7 Å². The molecule has 0 fully saturated rings. The van der Waals surface area contributed by atoms with Crippen LogP contribution in [-0.4, -0.2) is 25.7 Å². The largest absolute Gasteiger partial charge is 0.380 e. The third kappa shape index (κ3) is 5.06. The van der Waals surface area contributed by atoms with Gasteiger partial charge >= 0.3 is 0 Å². The van der Waals surface area contributed by atoms with Crippen LogP contribution >= 0.6 is 11.6 Å². The molecule has 0 aromatic heterocycles. The summed E-state index contributed by atoms with van der Waals surface area (Å²) >= 11 is 6.09. The van der Waals surface area contributed by atoms with Gasteiger partial charge in [0.2, 0.25) is 5.91 Å². The predicted octanol–water partition coefficient (Wildman–Crippen LogP) is 2.91. The van der Waals surface area contributed by atoms with Crippen LogP contribution in [-0.2, 0) is 9.53 Å². The smallest absolute Gasteiger partial charge is 0.223 e. The van der Waals surface area contributed by atoms with Crippen LogP contribution in [0.5, 0.6) is 0 Å². The second kappa shape index (κ2) is 8.67. The van der Waals surface area contributed by atoms with Crippen molar-refractivity contribution in [2.24, 2.45) is 5.73 Å². The number of benzene rings is 2. The molecule has 0 spiro atoms. The minimum absolute atomic E-state index is 0.115. The Bertz CT molecular complexity index is 630. The predicted molar refractivity (Wildman–Crippen MR) is 92.3 cm³/mol. The zero-order chi connectivity index (χ0) is 16.7. The zero-order valence-corrected chi connectivity index (χ0v) is 13.8. The first-order valence-corrected chi connectivity index (χ1v) is 7.84. The first-order valence-electron chi connectivity index (χ1n) is 7.46. The van der Waals surface area contributed by atoms with Crippen molar-refractivity contribution >= 4 is 17.5 Å². The minimum atomic E-state index is -0.286. The average molecular weight is 333 g/mol. The van der Waals surface area contributed by atoms with Gasteiger partial charge in [0.1, 0.15) is 0 Å². The third-order valence-electron chi connectivity index (χ3n) is 3.63. The molecule has 0 aliphatic rings. The second-order valence-electron chi connectivity index (χ2n) is 5.26. The molecule has 4 nitrogen and oxygen atoms in total. The molecule has 122 valence electrons. The molecule has 0 aliphatic heterocycles. The molecule has 2 aromatic carbocycles. The first kappa shape index (κ1) is 17.5. The van der Waals surface area contributed by atoms with Crippen molar-refractivity contribution in [1.82, 2.24) is 5.32 Å². The molecule has 0 radical (unpaired) electrons. The Morgan fingerprint density at radius 1 is 1.17 bits per heavy atom. The van der Waals surface area contributed by atoms with Crippen molar-refractivity contribution in [2.45, 2.75) is 18.6 Å². The Kier molecular flexibility index (Phi) is 6.59. The molecule has 2 atom stereocenters. The number of carbonyl (C=O) groups excluding carboxylic acids is 1. The molecule has 0 saturated heterocycles. The molecular formula is C18H21ClN2O2. The monoisotopic (exact) mass is 332 g/mol. The fourth-order valence-electron chi connectivity index (χ4n) is 2.38. The van der Waals surface area contributed by atoms with E-state index in [2.05, 4.69) is 5.32 Å². The molecule has 2 unspecified atom stereocenters. The molecule has 1 amide bonds. The quantitative estimate of drug-likeness (QED) is 0.819. The number of ether oxygens (including phenoxy) is 1. The van der Waals surface area contributed by atoms with Gasteiger partial charge in [0.15, 0.2) is 0 Å². The first-order chi connectivity index (χ1) is 11.1. The number of rotatable bonds is 7. The highest BCUT2D eigenvalue weighted by atomic mass is 35.5. The fraction of sp³-hybridized carbons (Fsp3) is 0.278. The van der Waals surface area contributed by atoms with E-state index >= 15 is 0 Å². The minimum Gasteiger partial charge on any atom is -0.380 e. The van der Waals surface area contributed by atoms with E-state index in [-0.39, 0.29) is 24.5 Å². The SMILES string of the molecule is COC(CN)CC(=O)NC(c1ccccc1)c1cccc(Cl)c1. The summed E-state index contributed by atoms with van der Waals surface area (Å²) in [6.45, 7) is 0.303. The maximum Gasteiger partial charge on any atom is 0.223 e. The highest BCUT2D eigenvalue weighted by molar-refractivity contribution is 6.30. The van der Waals surface area contributed by atoms with Crippen LogP contribution in [0.2, 0.25) is 5.02 Å². The number of hydrogen-bond donors (Lipinski definition) is 2. The number of amides is 1. The molecule has 3 N–H and O–H groups in total. The van der Waals surface area contributed by atoms with E-state index < -0.39 is 0 Å².